The van der Waals surface area contributed by atoms with Gasteiger partial charge in [-0.2, -0.15) is 5.10 Å². The lowest BCUT2D eigenvalue weighted by Crippen LogP contribution is -2.02. The number of aromatic nitrogens is 6. The van der Waals surface area contributed by atoms with Crippen molar-refractivity contribution in [3.8, 4) is 5.95 Å². The average molecular weight is 397 g/mol. The molecule has 0 amide bonds. The van der Waals surface area contributed by atoms with Gasteiger partial charge in [0, 0.05) is 32.7 Å². The molecule has 0 saturated carbocycles. The van der Waals surface area contributed by atoms with Crippen LogP contribution < -0.4 is 0 Å². The highest BCUT2D eigenvalue weighted by Crippen LogP contribution is 2.16. The van der Waals surface area contributed by atoms with Crippen molar-refractivity contribution in [1.29, 1.82) is 0 Å². The Kier molecular flexibility index (Phi) is 5.80. The third-order valence-electron chi connectivity index (χ3n) is 4.64. The minimum Gasteiger partial charge on any atom is -0.334 e. The van der Waals surface area contributed by atoms with Gasteiger partial charge in [0.15, 0.2) is 0 Å². The first-order chi connectivity index (χ1) is 14.7. The quantitative estimate of drug-likeness (QED) is 0.430. The molecule has 0 saturated heterocycles. The second kappa shape index (κ2) is 9.00. The third-order valence-corrected chi connectivity index (χ3v) is 4.64. The molecule has 0 bridgehead atoms. The van der Waals surface area contributed by atoms with Crippen molar-refractivity contribution in [3.05, 3.63) is 85.5 Å². The summed E-state index contributed by atoms with van der Waals surface area (Å²) in [5.74, 6) is 0.834. The van der Waals surface area contributed by atoms with Crippen LogP contribution in [0, 0.1) is 0 Å². The Balaban J connectivity index is 0.000000124. The Morgan fingerprint density at radius 2 is 1.63 bits per heavy atom. The number of para-hydroxylation sites is 4. The normalized spacial score (nSPS) is 11.9. The van der Waals surface area contributed by atoms with Gasteiger partial charge in [0.05, 0.1) is 34.9 Å². The van der Waals surface area contributed by atoms with Gasteiger partial charge in [0.25, 0.3) is 0 Å². The molecule has 150 valence electrons. The minimum atomic E-state index is 0.834. The molecule has 1 aliphatic rings. The van der Waals surface area contributed by atoms with Crippen LogP contribution in [0.2, 0.25) is 0 Å². The van der Waals surface area contributed by atoms with E-state index < -0.39 is 0 Å². The van der Waals surface area contributed by atoms with E-state index in [0.717, 1.165) is 29.0 Å². The molecule has 3 aromatic heterocycles. The van der Waals surface area contributed by atoms with Crippen LogP contribution in [-0.2, 0) is 14.1 Å². The molecule has 6 rings (SSSR count). The van der Waals surface area contributed by atoms with Crippen molar-refractivity contribution < 1.29 is 0 Å². The smallest absolute Gasteiger partial charge is 0.231 e. The van der Waals surface area contributed by atoms with Gasteiger partial charge in [0.2, 0.25) is 5.95 Å². The number of benzene rings is 2. The van der Waals surface area contributed by atoms with E-state index in [0.29, 0.717) is 0 Å². The maximum Gasteiger partial charge on any atom is 0.231 e. The van der Waals surface area contributed by atoms with Crippen molar-refractivity contribution >= 4 is 28.3 Å². The Hall–Kier alpha value is -4.00. The molecular formula is C23H23N7. The summed E-state index contributed by atoms with van der Waals surface area (Å²) in [6.07, 6.45) is 11.2. The largest absolute Gasteiger partial charge is 0.334 e. The zero-order valence-corrected chi connectivity index (χ0v) is 17.0. The topological polar surface area (TPSA) is 65.8 Å². The highest BCUT2D eigenvalue weighted by molar-refractivity contribution is 5.77. The lowest BCUT2D eigenvalue weighted by Gasteiger charge is -2.00. The predicted octanol–water partition coefficient (Wildman–Crippen LogP) is 3.96. The standard InChI is InChI=1S/C11H10N4.C8H8N2.C4H5N/c1-14-10-6-3-2-5-9(10)13-11(14)15-8-4-7-12-15;1-10-6-9-7-4-2-3-5-8(7)10;1-2-4-5-3-1/h2-8H,1H3;2-6H,1H3;1-3H,4H2. The molecule has 7 heteroatoms. The summed E-state index contributed by atoms with van der Waals surface area (Å²) in [5.41, 5.74) is 4.35. The summed E-state index contributed by atoms with van der Waals surface area (Å²) in [4.78, 5) is 12.5. The van der Waals surface area contributed by atoms with Gasteiger partial charge >= 0.3 is 0 Å². The molecule has 0 fully saturated rings. The van der Waals surface area contributed by atoms with E-state index >= 15 is 0 Å². The average Bonchev–Trinajstić information content (AvgIpc) is 3.59. The zero-order valence-electron chi connectivity index (χ0n) is 17.0. The Labute approximate surface area is 174 Å². The zero-order chi connectivity index (χ0) is 20.8. The molecule has 2 aromatic carbocycles. The minimum absolute atomic E-state index is 0.834. The molecule has 30 heavy (non-hydrogen) atoms. The van der Waals surface area contributed by atoms with E-state index in [1.54, 1.807) is 17.1 Å². The fraction of sp³-hybridized carbons (Fsp3) is 0.130. The van der Waals surface area contributed by atoms with Crippen LogP contribution in [0.15, 0.2) is 90.5 Å². The van der Waals surface area contributed by atoms with Gasteiger partial charge < -0.3 is 9.13 Å². The van der Waals surface area contributed by atoms with E-state index in [2.05, 4.69) is 32.2 Å². The van der Waals surface area contributed by atoms with Crippen LogP contribution >= 0.6 is 0 Å². The SMILES string of the molecule is C1=CCN=C1.Cn1c(-n2cccn2)nc2ccccc21.Cn1cnc2ccccc21. The number of aryl methyl sites for hydroxylation is 2. The second-order valence-corrected chi connectivity index (χ2v) is 6.70. The lowest BCUT2D eigenvalue weighted by atomic mass is 10.3. The first-order valence-corrected chi connectivity index (χ1v) is 9.66. The first-order valence-electron chi connectivity index (χ1n) is 9.66. The predicted molar refractivity (Wildman–Crippen MR) is 121 cm³/mol. The molecule has 5 aromatic rings. The van der Waals surface area contributed by atoms with E-state index in [-0.39, 0.29) is 0 Å². The number of fused-ring (bicyclic) bond motifs is 2. The molecule has 7 nitrogen and oxygen atoms in total. The van der Waals surface area contributed by atoms with Crippen molar-refractivity contribution in [1.82, 2.24) is 28.9 Å². The Bertz CT molecular complexity index is 1280. The molecular weight excluding hydrogens is 374 g/mol. The van der Waals surface area contributed by atoms with Crippen molar-refractivity contribution in [2.24, 2.45) is 19.1 Å². The number of hydrogen-bond donors (Lipinski definition) is 0. The summed E-state index contributed by atoms with van der Waals surface area (Å²) in [6, 6.07) is 18.0. The van der Waals surface area contributed by atoms with Crippen LogP contribution in [-0.4, -0.2) is 41.6 Å². The monoisotopic (exact) mass is 397 g/mol. The number of allylic oxidation sites excluding steroid dienone is 1. The van der Waals surface area contributed by atoms with Crippen LogP contribution in [0.4, 0.5) is 0 Å². The summed E-state index contributed by atoms with van der Waals surface area (Å²) in [7, 11) is 3.99. The second-order valence-electron chi connectivity index (χ2n) is 6.70. The molecule has 4 heterocycles. The maximum absolute atomic E-state index is 4.52. The van der Waals surface area contributed by atoms with Gasteiger partial charge in [0.1, 0.15) is 0 Å². The Morgan fingerprint density at radius 3 is 2.23 bits per heavy atom. The number of imidazole rings is 2. The summed E-state index contributed by atoms with van der Waals surface area (Å²) in [5, 5.41) is 4.18. The maximum atomic E-state index is 4.52. The summed E-state index contributed by atoms with van der Waals surface area (Å²) >= 11 is 0. The van der Waals surface area contributed by atoms with Gasteiger partial charge in [-0.15, -0.1) is 0 Å². The van der Waals surface area contributed by atoms with E-state index in [9.17, 15) is 0 Å². The molecule has 0 N–H and O–H groups in total. The van der Waals surface area contributed by atoms with Crippen LogP contribution in [0.3, 0.4) is 0 Å². The van der Waals surface area contributed by atoms with Gasteiger partial charge in [-0.25, -0.2) is 14.6 Å². The molecule has 1 aliphatic heterocycles. The van der Waals surface area contributed by atoms with E-state index in [1.165, 1.54) is 5.52 Å². The molecule has 0 spiro atoms. The summed E-state index contributed by atoms with van der Waals surface area (Å²) in [6.45, 7) is 0.889. The van der Waals surface area contributed by atoms with E-state index in [1.807, 2.05) is 90.4 Å². The van der Waals surface area contributed by atoms with Crippen molar-refractivity contribution in [3.63, 3.8) is 0 Å². The Morgan fingerprint density at radius 1 is 0.867 bits per heavy atom. The summed E-state index contributed by atoms with van der Waals surface area (Å²) < 4.78 is 5.80. The van der Waals surface area contributed by atoms with Gasteiger partial charge in [-0.05, 0) is 36.4 Å². The van der Waals surface area contributed by atoms with Crippen LogP contribution in [0.25, 0.3) is 28.0 Å². The fourth-order valence-corrected chi connectivity index (χ4v) is 3.11. The lowest BCUT2D eigenvalue weighted by molar-refractivity contribution is 0.761. The van der Waals surface area contributed by atoms with E-state index in [4.69, 9.17) is 0 Å². The van der Waals surface area contributed by atoms with Crippen molar-refractivity contribution in [2.75, 3.05) is 6.54 Å². The van der Waals surface area contributed by atoms with Crippen LogP contribution in [0.5, 0.6) is 0 Å². The molecule has 0 radical (unpaired) electrons. The first kappa shape index (κ1) is 19.3. The van der Waals surface area contributed by atoms with Gasteiger partial charge in [-0.3, -0.25) is 4.99 Å². The molecule has 0 unspecified atom stereocenters. The molecule has 0 aliphatic carbocycles. The highest BCUT2D eigenvalue weighted by Gasteiger charge is 2.07. The number of aliphatic imine (C=N–C) groups is 1. The molecule has 0 atom stereocenters. The fourth-order valence-electron chi connectivity index (χ4n) is 3.11. The number of nitrogens with zero attached hydrogens (tertiary/aromatic N) is 7. The highest BCUT2D eigenvalue weighted by atomic mass is 15.4. The van der Waals surface area contributed by atoms with Gasteiger partial charge in [-0.1, -0.05) is 30.3 Å². The van der Waals surface area contributed by atoms with Crippen molar-refractivity contribution in [2.45, 2.75) is 0 Å². The van der Waals surface area contributed by atoms with Crippen LogP contribution in [0.1, 0.15) is 0 Å². The number of rotatable bonds is 1. The third kappa shape index (κ3) is 4.20. The number of hydrogen-bond acceptors (Lipinski definition) is 4.